The molecule has 0 amide bonds. The Labute approximate surface area is 117 Å². The van der Waals surface area contributed by atoms with Gasteiger partial charge in [-0.3, -0.25) is 0 Å². The maximum Gasteiger partial charge on any atom is 0.119 e. The molecule has 4 heteroatoms. The Morgan fingerprint density at radius 3 is 2.89 bits per heavy atom. The molecule has 1 saturated heterocycles. The summed E-state index contributed by atoms with van der Waals surface area (Å²) < 4.78 is 12.4. The van der Waals surface area contributed by atoms with E-state index in [0.717, 1.165) is 42.9 Å². The lowest BCUT2D eigenvalue weighted by Crippen LogP contribution is -2.41. The molecule has 0 spiro atoms. The number of hydrogen-bond donors (Lipinski definition) is 1. The van der Waals surface area contributed by atoms with Crippen molar-refractivity contribution in [2.24, 2.45) is 5.92 Å². The highest BCUT2D eigenvalue weighted by Crippen LogP contribution is 2.20. The molecule has 1 aromatic carbocycles. The number of rotatable bonds is 5. The molecule has 2 unspecified atom stereocenters. The molecule has 1 N–H and O–H groups in total. The van der Waals surface area contributed by atoms with E-state index in [2.05, 4.69) is 21.2 Å². The smallest absolute Gasteiger partial charge is 0.119 e. The lowest BCUT2D eigenvalue weighted by atomic mass is 9.93. The van der Waals surface area contributed by atoms with Gasteiger partial charge in [0.1, 0.15) is 5.75 Å². The summed E-state index contributed by atoms with van der Waals surface area (Å²) in [5.41, 5.74) is 0. The summed E-state index contributed by atoms with van der Waals surface area (Å²) in [5, 5.41) is 3.37. The van der Waals surface area contributed by atoms with Crippen molar-refractivity contribution < 1.29 is 9.47 Å². The average Bonchev–Trinajstić information content (AvgIpc) is 2.41. The van der Waals surface area contributed by atoms with Gasteiger partial charge >= 0.3 is 0 Å². The molecule has 2 atom stereocenters. The maximum absolute atomic E-state index is 5.75. The van der Waals surface area contributed by atoms with E-state index in [-0.39, 0.29) is 0 Å². The summed E-state index contributed by atoms with van der Waals surface area (Å²) in [7, 11) is 2.03. The molecule has 0 radical (unpaired) electrons. The lowest BCUT2D eigenvalue weighted by molar-refractivity contribution is 0.0256. The topological polar surface area (TPSA) is 30.5 Å². The van der Waals surface area contributed by atoms with E-state index in [1.54, 1.807) is 0 Å². The van der Waals surface area contributed by atoms with Crippen LogP contribution in [0.1, 0.15) is 12.8 Å². The minimum atomic E-state index is 0.555. The summed E-state index contributed by atoms with van der Waals surface area (Å²) in [6.07, 6.45) is 2.13. The number of benzene rings is 1. The van der Waals surface area contributed by atoms with Crippen LogP contribution in [0.15, 0.2) is 28.7 Å². The lowest BCUT2D eigenvalue weighted by Gasteiger charge is -2.31. The first-order valence-electron chi connectivity index (χ1n) is 6.43. The van der Waals surface area contributed by atoms with Crippen LogP contribution in [-0.4, -0.2) is 32.9 Å². The van der Waals surface area contributed by atoms with Crippen molar-refractivity contribution >= 4 is 15.9 Å². The zero-order chi connectivity index (χ0) is 12.8. The number of nitrogens with one attached hydrogen (secondary N) is 1. The van der Waals surface area contributed by atoms with Gasteiger partial charge in [-0.25, -0.2) is 0 Å². The van der Waals surface area contributed by atoms with Gasteiger partial charge in [0.2, 0.25) is 0 Å². The van der Waals surface area contributed by atoms with E-state index < -0.39 is 0 Å². The van der Waals surface area contributed by atoms with Crippen LogP contribution in [0, 0.1) is 5.92 Å². The van der Waals surface area contributed by atoms with Crippen LogP contribution in [0.3, 0.4) is 0 Å². The van der Waals surface area contributed by atoms with E-state index in [4.69, 9.17) is 9.47 Å². The van der Waals surface area contributed by atoms with E-state index in [1.165, 1.54) is 0 Å². The molecule has 0 aliphatic carbocycles. The second kappa shape index (κ2) is 7.12. The summed E-state index contributed by atoms with van der Waals surface area (Å²) in [6.45, 7) is 2.46. The Kier molecular flexibility index (Phi) is 5.47. The molecule has 18 heavy (non-hydrogen) atoms. The van der Waals surface area contributed by atoms with Crippen LogP contribution < -0.4 is 10.1 Å². The Bertz CT molecular complexity index is 355. The molecule has 0 saturated carbocycles. The summed E-state index contributed by atoms with van der Waals surface area (Å²) in [4.78, 5) is 0. The van der Waals surface area contributed by atoms with Gasteiger partial charge in [-0.05, 0) is 44.2 Å². The fraction of sp³-hybridized carbons (Fsp3) is 0.571. The van der Waals surface area contributed by atoms with E-state index in [9.17, 15) is 0 Å². The van der Waals surface area contributed by atoms with Crippen molar-refractivity contribution in [3.8, 4) is 5.75 Å². The molecule has 0 aromatic heterocycles. The van der Waals surface area contributed by atoms with Gasteiger partial charge in [0.15, 0.2) is 0 Å². The predicted octanol–water partition coefficient (Wildman–Crippen LogP) is 2.84. The molecular formula is C14H20BrNO2. The van der Waals surface area contributed by atoms with Gasteiger partial charge in [0, 0.05) is 23.0 Å². The molecule has 1 aliphatic rings. The van der Waals surface area contributed by atoms with Crippen LogP contribution >= 0.6 is 15.9 Å². The van der Waals surface area contributed by atoms with Crippen molar-refractivity contribution in [1.29, 1.82) is 0 Å². The van der Waals surface area contributed by atoms with Gasteiger partial charge in [0.25, 0.3) is 0 Å². The van der Waals surface area contributed by atoms with Crippen LogP contribution in [0.4, 0.5) is 0 Å². The summed E-state index contributed by atoms with van der Waals surface area (Å²) in [6, 6.07) is 8.52. The first-order valence-corrected chi connectivity index (χ1v) is 7.22. The first-order chi connectivity index (χ1) is 8.79. The van der Waals surface area contributed by atoms with Crippen molar-refractivity contribution in [2.45, 2.75) is 18.9 Å². The maximum atomic E-state index is 5.75. The standard InChI is InChI=1S/C14H20BrNO2/c1-16-14-7-8-17-10-11(14)6-9-18-13-4-2-12(15)3-5-13/h2-5,11,14,16H,6-10H2,1H3. The Hall–Kier alpha value is -0.580. The van der Waals surface area contributed by atoms with Crippen molar-refractivity contribution in [3.05, 3.63) is 28.7 Å². The first kappa shape index (κ1) is 13.8. The van der Waals surface area contributed by atoms with Gasteiger partial charge in [-0.2, -0.15) is 0 Å². The number of halogens is 1. The van der Waals surface area contributed by atoms with Gasteiger partial charge in [-0.1, -0.05) is 15.9 Å². The fourth-order valence-corrected chi connectivity index (χ4v) is 2.58. The zero-order valence-corrected chi connectivity index (χ0v) is 12.3. The fourth-order valence-electron chi connectivity index (χ4n) is 2.32. The molecule has 1 fully saturated rings. The van der Waals surface area contributed by atoms with Crippen LogP contribution in [-0.2, 0) is 4.74 Å². The molecule has 2 rings (SSSR count). The van der Waals surface area contributed by atoms with Crippen molar-refractivity contribution in [1.82, 2.24) is 5.32 Å². The Morgan fingerprint density at radius 1 is 1.39 bits per heavy atom. The molecule has 0 bridgehead atoms. The van der Waals surface area contributed by atoms with Crippen molar-refractivity contribution in [3.63, 3.8) is 0 Å². The van der Waals surface area contributed by atoms with E-state index in [0.29, 0.717) is 12.0 Å². The normalized spacial score (nSPS) is 23.9. The number of ether oxygens (including phenoxy) is 2. The summed E-state index contributed by atoms with van der Waals surface area (Å²) >= 11 is 3.41. The van der Waals surface area contributed by atoms with Gasteiger partial charge in [0.05, 0.1) is 13.2 Å². The van der Waals surface area contributed by atoms with Gasteiger partial charge in [-0.15, -0.1) is 0 Å². The van der Waals surface area contributed by atoms with Crippen molar-refractivity contribution in [2.75, 3.05) is 26.9 Å². The Morgan fingerprint density at radius 2 is 2.17 bits per heavy atom. The van der Waals surface area contributed by atoms with Crippen LogP contribution in [0.25, 0.3) is 0 Å². The van der Waals surface area contributed by atoms with Crippen LogP contribution in [0.5, 0.6) is 5.75 Å². The predicted molar refractivity (Wildman–Crippen MR) is 76.0 cm³/mol. The minimum Gasteiger partial charge on any atom is -0.494 e. The molecule has 3 nitrogen and oxygen atoms in total. The average molecular weight is 314 g/mol. The highest BCUT2D eigenvalue weighted by atomic mass is 79.9. The summed E-state index contributed by atoms with van der Waals surface area (Å²) in [5.74, 6) is 1.48. The third-order valence-electron chi connectivity index (χ3n) is 3.42. The van der Waals surface area contributed by atoms with Crippen LogP contribution in [0.2, 0.25) is 0 Å². The largest absolute Gasteiger partial charge is 0.494 e. The molecular weight excluding hydrogens is 294 g/mol. The quantitative estimate of drug-likeness (QED) is 0.906. The molecule has 100 valence electrons. The molecule has 1 heterocycles. The molecule has 1 aromatic rings. The van der Waals surface area contributed by atoms with E-state index >= 15 is 0 Å². The van der Waals surface area contributed by atoms with E-state index in [1.807, 2.05) is 31.3 Å². The Balaban J connectivity index is 1.75. The molecule has 1 aliphatic heterocycles. The zero-order valence-electron chi connectivity index (χ0n) is 10.7. The minimum absolute atomic E-state index is 0.555. The van der Waals surface area contributed by atoms with Gasteiger partial charge < -0.3 is 14.8 Å². The third kappa shape index (κ3) is 3.97. The SMILES string of the molecule is CNC1CCOCC1CCOc1ccc(Br)cc1. The highest BCUT2D eigenvalue weighted by Gasteiger charge is 2.23. The second-order valence-electron chi connectivity index (χ2n) is 4.61. The second-order valence-corrected chi connectivity index (χ2v) is 5.53. The monoisotopic (exact) mass is 313 g/mol. The number of hydrogen-bond acceptors (Lipinski definition) is 3. The highest BCUT2D eigenvalue weighted by molar-refractivity contribution is 9.10. The third-order valence-corrected chi connectivity index (χ3v) is 3.94.